The van der Waals surface area contributed by atoms with E-state index < -0.39 is 30.7 Å². The fourth-order valence-electron chi connectivity index (χ4n) is 1.82. The lowest BCUT2D eigenvalue weighted by molar-refractivity contribution is -0.256. The van der Waals surface area contributed by atoms with Crippen LogP contribution in [0.1, 0.15) is 19.8 Å². The molecule has 114 valence electrons. The Balaban J connectivity index is 2.21. The second-order valence-corrected chi connectivity index (χ2v) is 4.64. The standard InChI is InChI=1S/C12H24O7/c1-2-3-4-17-5-6-18-8-12(16)11(15)10(14)9(7-13)19-12/h9-11,13-16H,2-8H2,1H3/t9-,10-,11+,12-/m1/s1. The third kappa shape index (κ3) is 4.64. The molecule has 1 aliphatic heterocycles. The van der Waals surface area contributed by atoms with Crippen LogP contribution in [-0.4, -0.2) is 77.6 Å². The van der Waals surface area contributed by atoms with Crippen molar-refractivity contribution in [3.8, 4) is 0 Å². The van der Waals surface area contributed by atoms with Gasteiger partial charge in [0, 0.05) is 6.61 Å². The molecule has 1 heterocycles. The maximum absolute atomic E-state index is 9.96. The molecule has 1 rings (SSSR count). The summed E-state index contributed by atoms with van der Waals surface area (Å²) in [6.45, 7) is 2.59. The molecule has 0 saturated carbocycles. The topological polar surface area (TPSA) is 109 Å². The Morgan fingerprint density at radius 3 is 2.42 bits per heavy atom. The van der Waals surface area contributed by atoms with Crippen molar-refractivity contribution in [2.75, 3.05) is 33.0 Å². The summed E-state index contributed by atoms with van der Waals surface area (Å²) in [5.74, 6) is -1.99. The summed E-state index contributed by atoms with van der Waals surface area (Å²) in [5, 5.41) is 38.0. The van der Waals surface area contributed by atoms with Crippen molar-refractivity contribution in [2.45, 2.75) is 43.9 Å². The summed E-state index contributed by atoms with van der Waals surface area (Å²) in [7, 11) is 0. The first-order valence-corrected chi connectivity index (χ1v) is 6.58. The van der Waals surface area contributed by atoms with Crippen LogP contribution in [0.2, 0.25) is 0 Å². The summed E-state index contributed by atoms with van der Waals surface area (Å²) in [5.41, 5.74) is 0. The second-order valence-electron chi connectivity index (χ2n) is 4.64. The zero-order valence-electron chi connectivity index (χ0n) is 11.2. The molecule has 0 spiro atoms. The Labute approximate surface area is 112 Å². The first kappa shape index (κ1) is 16.8. The lowest BCUT2D eigenvalue weighted by atomic mass is 10.1. The Morgan fingerprint density at radius 2 is 1.84 bits per heavy atom. The average Bonchev–Trinajstić information content (AvgIpc) is 2.62. The third-order valence-electron chi connectivity index (χ3n) is 3.03. The number of aliphatic hydroxyl groups is 4. The van der Waals surface area contributed by atoms with Crippen molar-refractivity contribution < 1.29 is 34.6 Å². The van der Waals surface area contributed by atoms with E-state index in [0.29, 0.717) is 13.2 Å². The van der Waals surface area contributed by atoms with Crippen LogP contribution >= 0.6 is 0 Å². The molecule has 0 aromatic rings. The van der Waals surface area contributed by atoms with E-state index in [-0.39, 0.29) is 13.2 Å². The molecule has 0 aliphatic carbocycles. The zero-order chi connectivity index (χ0) is 14.3. The minimum absolute atomic E-state index is 0.252. The maximum atomic E-state index is 9.96. The lowest BCUT2D eigenvalue weighted by Gasteiger charge is -2.25. The van der Waals surface area contributed by atoms with Crippen LogP contribution in [0.3, 0.4) is 0 Å². The van der Waals surface area contributed by atoms with Gasteiger partial charge < -0.3 is 34.6 Å². The predicted octanol–water partition coefficient (Wildman–Crippen LogP) is -1.38. The lowest BCUT2D eigenvalue weighted by Crippen LogP contribution is -2.47. The highest BCUT2D eigenvalue weighted by atomic mass is 16.7. The van der Waals surface area contributed by atoms with E-state index in [1.807, 2.05) is 0 Å². The van der Waals surface area contributed by atoms with E-state index in [0.717, 1.165) is 12.8 Å². The molecular formula is C12H24O7. The van der Waals surface area contributed by atoms with Gasteiger partial charge in [-0.05, 0) is 6.42 Å². The molecular weight excluding hydrogens is 256 g/mol. The number of rotatable bonds is 9. The van der Waals surface area contributed by atoms with Gasteiger partial charge in [-0.3, -0.25) is 0 Å². The smallest absolute Gasteiger partial charge is 0.219 e. The van der Waals surface area contributed by atoms with Gasteiger partial charge >= 0.3 is 0 Å². The largest absolute Gasteiger partial charge is 0.394 e. The maximum Gasteiger partial charge on any atom is 0.219 e. The van der Waals surface area contributed by atoms with Gasteiger partial charge in [0.25, 0.3) is 0 Å². The van der Waals surface area contributed by atoms with Crippen LogP contribution in [0, 0.1) is 0 Å². The van der Waals surface area contributed by atoms with E-state index in [2.05, 4.69) is 6.92 Å². The van der Waals surface area contributed by atoms with E-state index in [1.54, 1.807) is 0 Å². The van der Waals surface area contributed by atoms with Crippen LogP contribution in [0.5, 0.6) is 0 Å². The molecule has 0 amide bonds. The first-order valence-electron chi connectivity index (χ1n) is 6.58. The molecule has 1 fully saturated rings. The molecule has 7 heteroatoms. The molecule has 0 radical (unpaired) electrons. The number of ether oxygens (including phenoxy) is 3. The van der Waals surface area contributed by atoms with Gasteiger partial charge in [-0.15, -0.1) is 0 Å². The molecule has 1 aliphatic rings. The minimum Gasteiger partial charge on any atom is -0.394 e. The fourth-order valence-corrected chi connectivity index (χ4v) is 1.82. The summed E-state index contributed by atoms with van der Waals surface area (Å²) in [6, 6.07) is 0. The van der Waals surface area contributed by atoms with E-state index in [4.69, 9.17) is 19.3 Å². The van der Waals surface area contributed by atoms with Gasteiger partial charge in [0.05, 0.1) is 19.8 Å². The normalized spacial score (nSPS) is 34.9. The molecule has 4 atom stereocenters. The number of hydrogen-bond acceptors (Lipinski definition) is 7. The van der Waals surface area contributed by atoms with Gasteiger partial charge in [-0.1, -0.05) is 13.3 Å². The van der Waals surface area contributed by atoms with Crippen molar-refractivity contribution in [1.29, 1.82) is 0 Å². The summed E-state index contributed by atoms with van der Waals surface area (Å²) in [4.78, 5) is 0. The Kier molecular flexibility index (Phi) is 7.16. The minimum atomic E-state index is -1.99. The van der Waals surface area contributed by atoms with Crippen LogP contribution in [0.4, 0.5) is 0 Å². The van der Waals surface area contributed by atoms with Gasteiger partial charge in [0.2, 0.25) is 5.79 Å². The quantitative estimate of drug-likeness (QED) is 0.385. The molecule has 1 saturated heterocycles. The second kappa shape index (κ2) is 8.11. The predicted molar refractivity (Wildman–Crippen MR) is 65.5 cm³/mol. The van der Waals surface area contributed by atoms with Crippen LogP contribution in [0.15, 0.2) is 0 Å². The molecule has 0 aromatic heterocycles. The molecule has 0 bridgehead atoms. The molecule has 0 aromatic carbocycles. The van der Waals surface area contributed by atoms with Gasteiger partial charge in [0.1, 0.15) is 24.9 Å². The SMILES string of the molecule is CCCCOCCOC[C@@]1(O)O[C@H](CO)[C@@H](O)[C@@H]1O. The Morgan fingerprint density at radius 1 is 1.16 bits per heavy atom. The third-order valence-corrected chi connectivity index (χ3v) is 3.03. The number of aliphatic hydroxyl groups excluding tert-OH is 3. The number of hydrogen-bond donors (Lipinski definition) is 4. The summed E-state index contributed by atoms with van der Waals surface area (Å²) >= 11 is 0. The molecule has 4 N–H and O–H groups in total. The highest BCUT2D eigenvalue weighted by molar-refractivity contribution is 4.95. The monoisotopic (exact) mass is 280 g/mol. The van der Waals surface area contributed by atoms with Crippen LogP contribution in [-0.2, 0) is 14.2 Å². The van der Waals surface area contributed by atoms with Crippen molar-refractivity contribution in [2.24, 2.45) is 0 Å². The van der Waals surface area contributed by atoms with Gasteiger partial charge in [0.15, 0.2) is 0 Å². The van der Waals surface area contributed by atoms with Crippen molar-refractivity contribution in [1.82, 2.24) is 0 Å². The van der Waals surface area contributed by atoms with Crippen LogP contribution in [0.25, 0.3) is 0 Å². The Hall–Kier alpha value is -0.280. The van der Waals surface area contributed by atoms with E-state index in [9.17, 15) is 15.3 Å². The van der Waals surface area contributed by atoms with Crippen LogP contribution < -0.4 is 0 Å². The highest BCUT2D eigenvalue weighted by Crippen LogP contribution is 2.29. The fraction of sp³-hybridized carbons (Fsp3) is 1.00. The van der Waals surface area contributed by atoms with Gasteiger partial charge in [-0.2, -0.15) is 0 Å². The van der Waals surface area contributed by atoms with E-state index >= 15 is 0 Å². The molecule has 19 heavy (non-hydrogen) atoms. The Bertz CT molecular complexity index is 250. The molecule has 0 unspecified atom stereocenters. The summed E-state index contributed by atoms with van der Waals surface area (Å²) < 4.78 is 15.4. The molecule has 7 nitrogen and oxygen atoms in total. The first-order chi connectivity index (χ1) is 9.05. The average molecular weight is 280 g/mol. The van der Waals surface area contributed by atoms with E-state index in [1.165, 1.54) is 0 Å². The van der Waals surface area contributed by atoms with Crippen molar-refractivity contribution >= 4 is 0 Å². The zero-order valence-corrected chi connectivity index (χ0v) is 11.2. The summed E-state index contributed by atoms with van der Waals surface area (Å²) in [6.07, 6.45) is -1.81. The van der Waals surface area contributed by atoms with Crippen molar-refractivity contribution in [3.05, 3.63) is 0 Å². The highest BCUT2D eigenvalue weighted by Gasteiger charge is 2.53. The van der Waals surface area contributed by atoms with Crippen molar-refractivity contribution in [3.63, 3.8) is 0 Å². The number of unbranched alkanes of at least 4 members (excludes halogenated alkanes) is 1. The van der Waals surface area contributed by atoms with Gasteiger partial charge in [-0.25, -0.2) is 0 Å².